The normalized spacial score (nSPS) is 11.7. The van der Waals surface area contributed by atoms with Crippen molar-refractivity contribution in [1.29, 1.82) is 0 Å². The first-order valence-corrected chi connectivity index (χ1v) is 6.80. The topological polar surface area (TPSA) is 68.3 Å². The van der Waals surface area contributed by atoms with Gasteiger partial charge in [0.1, 0.15) is 5.03 Å². The largest absolute Gasteiger partial charge is 0.449 e. The number of aromatic nitrogens is 1. The Morgan fingerprint density at radius 3 is 2.89 bits per heavy atom. The minimum atomic E-state index is -0.813. The van der Waals surface area contributed by atoms with Gasteiger partial charge in [0.25, 0.3) is 5.91 Å². The average molecular weight is 268 g/mol. The van der Waals surface area contributed by atoms with Crippen LogP contribution < -0.4 is 5.32 Å². The second-order valence-electron chi connectivity index (χ2n) is 3.50. The van der Waals surface area contributed by atoms with E-state index in [1.807, 2.05) is 6.26 Å². The van der Waals surface area contributed by atoms with E-state index in [1.165, 1.54) is 18.7 Å². The van der Waals surface area contributed by atoms with Crippen LogP contribution in [0, 0.1) is 0 Å². The van der Waals surface area contributed by atoms with Gasteiger partial charge in [-0.1, -0.05) is 0 Å². The summed E-state index contributed by atoms with van der Waals surface area (Å²) in [5.41, 5.74) is 0.376. The van der Waals surface area contributed by atoms with Gasteiger partial charge in [-0.15, -0.1) is 11.8 Å². The summed E-state index contributed by atoms with van der Waals surface area (Å²) in [5, 5.41) is 3.18. The number of thioether (sulfide) groups is 1. The van der Waals surface area contributed by atoms with E-state index in [4.69, 9.17) is 4.74 Å². The van der Waals surface area contributed by atoms with Gasteiger partial charge in [-0.2, -0.15) is 0 Å². The van der Waals surface area contributed by atoms with E-state index >= 15 is 0 Å². The zero-order valence-corrected chi connectivity index (χ0v) is 11.4. The summed E-state index contributed by atoms with van der Waals surface area (Å²) in [6.45, 7) is 3.85. The third-order valence-corrected chi connectivity index (χ3v) is 2.90. The van der Waals surface area contributed by atoms with E-state index in [0.717, 1.165) is 0 Å². The number of nitrogens with one attached hydrogen (secondary N) is 1. The smallest absolute Gasteiger partial charge is 0.341 e. The summed E-state index contributed by atoms with van der Waals surface area (Å²) in [5.74, 6) is -0.841. The van der Waals surface area contributed by atoms with E-state index < -0.39 is 12.1 Å². The first-order chi connectivity index (χ1) is 8.60. The molecule has 0 spiro atoms. The maximum Gasteiger partial charge on any atom is 0.341 e. The van der Waals surface area contributed by atoms with Gasteiger partial charge in [0, 0.05) is 12.7 Å². The molecule has 0 unspecified atom stereocenters. The summed E-state index contributed by atoms with van der Waals surface area (Å²) < 4.78 is 5.09. The minimum Gasteiger partial charge on any atom is -0.449 e. The van der Waals surface area contributed by atoms with Crippen LogP contribution in [0.2, 0.25) is 0 Å². The fourth-order valence-electron chi connectivity index (χ4n) is 1.30. The zero-order chi connectivity index (χ0) is 13.5. The van der Waals surface area contributed by atoms with Crippen molar-refractivity contribution in [2.45, 2.75) is 25.0 Å². The highest BCUT2D eigenvalue weighted by atomic mass is 32.2. The van der Waals surface area contributed by atoms with Gasteiger partial charge >= 0.3 is 5.97 Å². The van der Waals surface area contributed by atoms with Crippen LogP contribution in [0.4, 0.5) is 0 Å². The summed E-state index contributed by atoms with van der Waals surface area (Å²) in [6.07, 6.45) is 2.62. The Morgan fingerprint density at radius 1 is 1.56 bits per heavy atom. The second-order valence-corrected chi connectivity index (χ2v) is 4.30. The number of nitrogens with zero attached hydrogens (tertiary/aromatic N) is 1. The van der Waals surface area contributed by atoms with Crippen LogP contribution in [0.3, 0.4) is 0 Å². The molecule has 0 fully saturated rings. The number of amides is 1. The highest BCUT2D eigenvalue weighted by Gasteiger charge is 2.20. The van der Waals surface area contributed by atoms with Gasteiger partial charge in [0.05, 0.1) is 5.56 Å². The van der Waals surface area contributed by atoms with Crippen molar-refractivity contribution < 1.29 is 14.3 Å². The predicted octanol–water partition coefficient (Wildman–Crippen LogP) is 1.48. The molecule has 0 saturated carbocycles. The van der Waals surface area contributed by atoms with Gasteiger partial charge in [0.2, 0.25) is 0 Å². The van der Waals surface area contributed by atoms with Crippen LogP contribution in [-0.2, 0) is 9.53 Å². The molecular formula is C12H16N2O3S. The number of likely N-dealkylation sites (N-methyl/N-ethyl adjacent to an activating group) is 1. The molecule has 1 amide bonds. The zero-order valence-electron chi connectivity index (χ0n) is 10.6. The van der Waals surface area contributed by atoms with Crippen molar-refractivity contribution in [2.24, 2.45) is 0 Å². The molecule has 5 nitrogen and oxygen atoms in total. The molecule has 1 rings (SSSR count). The molecule has 0 aliphatic heterocycles. The van der Waals surface area contributed by atoms with Crippen molar-refractivity contribution in [3.05, 3.63) is 23.9 Å². The molecule has 1 N–H and O–H groups in total. The average Bonchev–Trinajstić information content (AvgIpc) is 2.38. The van der Waals surface area contributed by atoms with E-state index in [-0.39, 0.29) is 5.91 Å². The lowest BCUT2D eigenvalue weighted by Gasteiger charge is -2.13. The Labute approximate surface area is 110 Å². The molecule has 0 aliphatic rings. The quantitative estimate of drug-likeness (QED) is 0.647. The molecule has 18 heavy (non-hydrogen) atoms. The SMILES string of the molecule is CCNC(=O)[C@H](C)OC(=O)c1cccnc1SC. The summed E-state index contributed by atoms with van der Waals surface area (Å²) in [4.78, 5) is 27.4. The predicted molar refractivity (Wildman–Crippen MR) is 69.6 cm³/mol. The Kier molecular flexibility index (Phi) is 5.64. The molecular weight excluding hydrogens is 252 g/mol. The maximum absolute atomic E-state index is 11.9. The highest BCUT2D eigenvalue weighted by Crippen LogP contribution is 2.18. The number of hydrogen-bond donors (Lipinski definition) is 1. The van der Waals surface area contributed by atoms with Gasteiger partial charge in [-0.05, 0) is 32.2 Å². The summed E-state index contributed by atoms with van der Waals surface area (Å²) >= 11 is 1.36. The number of rotatable bonds is 5. The van der Waals surface area contributed by atoms with Crippen LogP contribution in [-0.4, -0.2) is 35.8 Å². The third-order valence-electron chi connectivity index (χ3n) is 2.19. The van der Waals surface area contributed by atoms with E-state index in [1.54, 1.807) is 25.3 Å². The molecule has 1 aromatic rings. The Balaban J connectivity index is 2.73. The van der Waals surface area contributed by atoms with Crippen LogP contribution in [0.25, 0.3) is 0 Å². The van der Waals surface area contributed by atoms with Crippen molar-refractivity contribution in [3.8, 4) is 0 Å². The molecule has 1 aromatic heterocycles. The summed E-state index contributed by atoms with van der Waals surface area (Å²) in [6, 6.07) is 3.29. The van der Waals surface area contributed by atoms with Gasteiger partial charge in [-0.3, -0.25) is 4.79 Å². The molecule has 0 radical (unpaired) electrons. The maximum atomic E-state index is 11.9. The number of carbonyl (C=O) groups excluding carboxylic acids is 2. The van der Waals surface area contributed by atoms with Crippen molar-refractivity contribution >= 4 is 23.6 Å². The van der Waals surface area contributed by atoms with Gasteiger partial charge in [-0.25, -0.2) is 9.78 Å². The van der Waals surface area contributed by atoms with Crippen LogP contribution >= 0.6 is 11.8 Å². The third kappa shape index (κ3) is 3.73. The number of pyridine rings is 1. The molecule has 0 bridgehead atoms. The van der Waals surface area contributed by atoms with E-state index in [0.29, 0.717) is 17.1 Å². The second kappa shape index (κ2) is 7.00. The lowest BCUT2D eigenvalue weighted by Crippen LogP contribution is -2.35. The van der Waals surface area contributed by atoms with Crippen LogP contribution in [0.15, 0.2) is 23.4 Å². The molecule has 98 valence electrons. The van der Waals surface area contributed by atoms with Crippen LogP contribution in [0.1, 0.15) is 24.2 Å². The van der Waals surface area contributed by atoms with Crippen molar-refractivity contribution in [2.75, 3.05) is 12.8 Å². The van der Waals surface area contributed by atoms with Gasteiger partial charge in [0.15, 0.2) is 6.10 Å². The lowest BCUT2D eigenvalue weighted by atomic mass is 10.3. The standard InChI is InChI=1S/C12H16N2O3S/c1-4-13-10(15)8(2)17-12(16)9-6-5-7-14-11(9)18-3/h5-8H,4H2,1-3H3,(H,13,15)/t8-/m0/s1. The lowest BCUT2D eigenvalue weighted by molar-refractivity contribution is -0.128. The number of esters is 1. The number of carbonyl (C=O) groups is 2. The Bertz CT molecular complexity index is 437. The molecule has 0 aliphatic carbocycles. The molecule has 0 saturated heterocycles. The van der Waals surface area contributed by atoms with Gasteiger partial charge < -0.3 is 10.1 Å². The van der Waals surface area contributed by atoms with Crippen molar-refractivity contribution in [3.63, 3.8) is 0 Å². The fourth-order valence-corrected chi connectivity index (χ4v) is 1.84. The monoisotopic (exact) mass is 268 g/mol. The Morgan fingerprint density at radius 2 is 2.28 bits per heavy atom. The highest BCUT2D eigenvalue weighted by molar-refractivity contribution is 7.98. The van der Waals surface area contributed by atoms with Crippen molar-refractivity contribution in [1.82, 2.24) is 10.3 Å². The summed E-state index contributed by atoms with van der Waals surface area (Å²) in [7, 11) is 0. The number of ether oxygens (including phenoxy) is 1. The first kappa shape index (κ1) is 14.5. The Hall–Kier alpha value is -1.56. The fraction of sp³-hybridized carbons (Fsp3) is 0.417. The van der Waals surface area contributed by atoms with E-state index in [2.05, 4.69) is 10.3 Å². The molecule has 0 aromatic carbocycles. The molecule has 6 heteroatoms. The molecule has 1 heterocycles. The van der Waals surface area contributed by atoms with E-state index in [9.17, 15) is 9.59 Å². The first-order valence-electron chi connectivity index (χ1n) is 5.57. The minimum absolute atomic E-state index is 0.305. The molecule has 1 atom stereocenters. The van der Waals surface area contributed by atoms with Crippen LogP contribution in [0.5, 0.6) is 0 Å². The number of hydrogen-bond acceptors (Lipinski definition) is 5.